The number of pyridine rings is 1. The van der Waals surface area contributed by atoms with E-state index < -0.39 is 5.92 Å². The number of anilines is 1. The molecule has 1 atom stereocenters. The van der Waals surface area contributed by atoms with Gasteiger partial charge in [-0.1, -0.05) is 29.8 Å². The zero-order chi connectivity index (χ0) is 19.2. The maximum absolute atomic E-state index is 11.2. The molecule has 9 heteroatoms. The summed E-state index contributed by atoms with van der Waals surface area (Å²) in [5.74, 6) is 0.0720. The summed E-state index contributed by atoms with van der Waals surface area (Å²) in [6, 6.07) is 10.4. The van der Waals surface area contributed by atoms with E-state index in [0.717, 1.165) is 0 Å². The number of aromatic amines is 1. The lowest BCUT2D eigenvalue weighted by molar-refractivity contribution is -0.114. The predicted molar refractivity (Wildman–Crippen MR) is 104 cm³/mol. The molecule has 0 bridgehead atoms. The zero-order valence-corrected chi connectivity index (χ0v) is 15.1. The van der Waals surface area contributed by atoms with Crippen LogP contribution >= 0.6 is 11.6 Å². The third kappa shape index (κ3) is 4.62. The maximum Gasteiger partial charge on any atom is 0.222 e. The fraction of sp³-hybridized carbons (Fsp3) is 0.111. The number of nitrogens with zero attached hydrogens (tertiary/aromatic N) is 4. The lowest BCUT2D eigenvalue weighted by Gasteiger charge is -2.12. The van der Waals surface area contributed by atoms with Crippen molar-refractivity contribution in [3.05, 3.63) is 65.3 Å². The van der Waals surface area contributed by atoms with E-state index in [-0.39, 0.29) is 11.6 Å². The van der Waals surface area contributed by atoms with E-state index in [0.29, 0.717) is 27.9 Å². The van der Waals surface area contributed by atoms with E-state index in [1.165, 1.54) is 13.3 Å². The van der Waals surface area contributed by atoms with E-state index >= 15 is 0 Å². The largest absolute Gasteiger partial charge is 0.311 e. The van der Waals surface area contributed by atoms with Crippen LogP contribution < -0.4 is 5.32 Å². The molecule has 0 spiro atoms. The highest BCUT2D eigenvalue weighted by atomic mass is 35.5. The number of hydrogen-bond donors (Lipinski definition) is 3. The summed E-state index contributed by atoms with van der Waals surface area (Å²) < 4.78 is 0. The van der Waals surface area contributed by atoms with Gasteiger partial charge in [0.05, 0.1) is 17.3 Å². The summed E-state index contributed by atoms with van der Waals surface area (Å²) in [5.41, 5.74) is 1.39. The van der Waals surface area contributed by atoms with Crippen LogP contribution in [0.1, 0.15) is 24.2 Å². The van der Waals surface area contributed by atoms with Crippen LogP contribution in [0, 0.1) is 5.41 Å². The van der Waals surface area contributed by atoms with Crippen LogP contribution in [0.25, 0.3) is 0 Å². The number of hydrogen-bond acceptors (Lipinski definition) is 6. The van der Waals surface area contributed by atoms with E-state index in [2.05, 4.69) is 30.5 Å². The fourth-order valence-corrected chi connectivity index (χ4v) is 2.64. The van der Waals surface area contributed by atoms with Crippen LogP contribution in [-0.4, -0.2) is 38.0 Å². The summed E-state index contributed by atoms with van der Waals surface area (Å²) in [5, 5.41) is 18.3. The highest BCUT2D eigenvalue weighted by molar-refractivity contribution is 6.35. The molecule has 27 heavy (non-hydrogen) atoms. The van der Waals surface area contributed by atoms with Gasteiger partial charge >= 0.3 is 0 Å². The minimum Gasteiger partial charge on any atom is -0.311 e. The standard InChI is InChI=1S/C18H16ClN7O/c1-11(27)25-16-8-12(6-7-21-16)22-9-14(18-23-10-24-26-18)17(20)13-4-2-3-5-15(13)19/h2-10,14,20H,1H3,(H,21,25,27)(H,23,24,26). The van der Waals surface area contributed by atoms with Crippen molar-refractivity contribution < 1.29 is 4.79 Å². The molecule has 1 aromatic carbocycles. The first kappa shape index (κ1) is 18.4. The van der Waals surface area contributed by atoms with Gasteiger partial charge in [0.2, 0.25) is 5.91 Å². The van der Waals surface area contributed by atoms with Crippen molar-refractivity contribution >= 4 is 40.9 Å². The van der Waals surface area contributed by atoms with Gasteiger partial charge in [0, 0.05) is 36.0 Å². The number of carbonyl (C=O) groups is 1. The number of H-pyrrole nitrogens is 1. The van der Waals surface area contributed by atoms with Gasteiger partial charge in [0.25, 0.3) is 0 Å². The number of aromatic nitrogens is 4. The summed E-state index contributed by atoms with van der Waals surface area (Å²) in [6.45, 7) is 1.41. The highest BCUT2D eigenvalue weighted by Gasteiger charge is 2.21. The van der Waals surface area contributed by atoms with Gasteiger partial charge in [-0.15, -0.1) is 0 Å². The molecule has 1 unspecified atom stereocenters. The highest BCUT2D eigenvalue weighted by Crippen LogP contribution is 2.23. The van der Waals surface area contributed by atoms with Crippen molar-refractivity contribution in [1.82, 2.24) is 20.2 Å². The average molecular weight is 382 g/mol. The molecular formula is C18H16ClN7O. The number of benzene rings is 1. The number of halogens is 1. The van der Waals surface area contributed by atoms with Crippen molar-refractivity contribution in [2.45, 2.75) is 12.8 Å². The van der Waals surface area contributed by atoms with Crippen LogP contribution in [0.2, 0.25) is 5.02 Å². The van der Waals surface area contributed by atoms with E-state index in [1.54, 1.807) is 42.7 Å². The molecule has 8 nitrogen and oxygen atoms in total. The topological polar surface area (TPSA) is 120 Å². The third-order valence-electron chi connectivity index (χ3n) is 3.62. The molecule has 136 valence electrons. The fourth-order valence-electron chi connectivity index (χ4n) is 2.40. The second-order valence-corrected chi connectivity index (χ2v) is 6.01. The molecule has 0 saturated carbocycles. The lowest BCUT2D eigenvalue weighted by atomic mass is 9.97. The summed E-state index contributed by atoms with van der Waals surface area (Å²) in [4.78, 5) is 23.8. The molecular weight excluding hydrogens is 366 g/mol. The van der Waals surface area contributed by atoms with Crippen LogP contribution in [-0.2, 0) is 4.79 Å². The molecule has 0 radical (unpaired) electrons. The van der Waals surface area contributed by atoms with Gasteiger partial charge in [-0.05, 0) is 12.1 Å². The predicted octanol–water partition coefficient (Wildman–Crippen LogP) is 3.37. The number of aliphatic imine (C=N–C) groups is 1. The molecule has 3 aromatic rings. The van der Waals surface area contributed by atoms with E-state index in [1.807, 2.05) is 6.07 Å². The Kier molecular flexibility index (Phi) is 5.68. The van der Waals surface area contributed by atoms with Gasteiger partial charge in [-0.3, -0.25) is 14.9 Å². The molecule has 2 aromatic heterocycles. The maximum atomic E-state index is 11.2. The first-order chi connectivity index (χ1) is 13.0. The Morgan fingerprint density at radius 1 is 1.33 bits per heavy atom. The van der Waals surface area contributed by atoms with Crippen molar-refractivity contribution in [3.63, 3.8) is 0 Å². The van der Waals surface area contributed by atoms with Crippen LogP contribution in [0.5, 0.6) is 0 Å². The number of nitrogens with one attached hydrogen (secondary N) is 3. The van der Waals surface area contributed by atoms with Crippen molar-refractivity contribution in [1.29, 1.82) is 5.41 Å². The summed E-state index contributed by atoms with van der Waals surface area (Å²) in [7, 11) is 0. The monoisotopic (exact) mass is 381 g/mol. The third-order valence-corrected chi connectivity index (χ3v) is 3.95. The number of amides is 1. The van der Waals surface area contributed by atoms with Crippen LogP contribution in [0.4, 0.5) is 11.5 Å². The Balaban J connectivity index is 1.91. The molecule has 2 heterocycles. The quantitative estimate of drug-likeness (QED) is 0.567. The molecule has 0 aliphatic carbocycles. The Morgan fingerprint density at radius 3 is 2.85 bits per heavy atom. The Morgan fingerprint density at radius 2 is 2.15 bits per heavy atom. The average Bonchev–Trinajstić information content (AvgIpc) is 3.16. The molecule has 0 aliphatic heterocycles. The molecule has 1 amide bonds. The zero-order valence-electron chi connectivity index (χ0n) is 14.3. The Labute approximate surface area is 160 Å². The van der Waals surface area contributed by atoms with Gasteiger partial charge in [-0.25, -0.2) is 9.97 Å². The summed E-state index contributed by atoms with van der Waals surface area (Å²) in [6.07, 6.45) is 4.50. The van der Waals surface area contributed by atoms with Crippen LogP contribution in [0.15, 0.2) is 53.9 Å². The lowest BCUT2D eigenvalue weighted by Crippen LogP contribution is -2.16. The normalized spacial score (nSPS) is 12.1. The first-order valence-corrected chi connectivity index (χ1v) is 8.39. The van der Waals surface area contributed by atoms with Gasteiger partial charge in [0.1, 0.15) is 18.0 Å². The minimum atomic E-state index is -0.579. The minimum absolute atomic E-state index is 0.219. The van der Waals surface area contributed by atoms with Crippen molar-refractivity contribution in [2.75, 3.05) is 5.32 Å². The number of rotatable bonds is 6. The molecule has 0 fully saturated rings. The van der Waals surface area contributed by atoms with E-state index in [4.69, 9.17) is 17.0 Å². The molecule has 3 N–H and O–H groups in total. The summed E-state index contributed by atoms with van der Waals surface area (Å²) >= 11 is 6.23. The van der Waals surface area contributed by atoms with Crippen molar-refractivity contribution in [3.8, 4) is 0 Å². The Hall–Kier alpha value is -3.39. The SMILES string of the molecule is CC(=O)Nc1cc(N=CC(C(=N)c2ccccc2Cl)c2ncn[nH]2)ccn1. The van der Waals surface area contributed by atoms with Crippen molar-refractivity contribution in [2.24, 2.45) is 4.99 Å². The van der Waals surface area contributed by atoms with E-state index in [9.17, 15) is 4.79 Å². The second kappa shape index (κ2) is 8.33. The smallest absolute Gasteiger partial charge is 0.222 e. The van der Waals surface area contributed by atoms with Crippen LogP contribution in [0.3, 0.4) is 0 Å². The van der Waals surface area contributed by atoms with Gasteiger partial charge in [-0.2, -0.15) is 5.10 Å². The van der Waals surface area contributed by atoms with Gasteiger partial charge < -0.3 is 10.7 Å². The number of carbonyl (C=O) groups excluding carboxylic acids is 1. The molecule has 0 aliphatic rings. The van der Waals surface area contributed by atoms with Gasteiger partial charge in [0.15, 0.2) is 0 Å². The first-order valence-electron chi connectivity index (χ1n) is 8.01. The second-order valence-electron chi connectivity index (χ2n) is 5.60. The molecule has 3 rings (SSSR count). The Bertz CT molecular complexity index is 985. The molecule has 0 saturated heterocycles.